The van der Waals surface area contributed by atoms with Crippen LogP contribution >= 0.6 is 11.9 Å². The summed E-state index contributed by atoms with van der Waals surface area (Å²) in [5.41, 5.74) is 6.74. The molecule has 2 atom stereocenters. The summed E-state index contributed by atoms with van der Waals surface area (Å²) in [5, 5.41) is 0.533. The van der Waals surface area contributed by atoms with Crippen LogP contribution < -0.4 is 5.73 Å². The maximum atomic E-state index is 5.52. The maximum Gasteiger partial charge on any atom is 0.0562 e. The average Bonchev–Trinajstić information content (AvgIpc) is 2.50. The molecule has 1 aliphatic carbocycles. The standard InChI is InChI=1S/C8H10N2S/c9-4-6-1-2-8-7(3-6)5-10-11-8/h1-3,5,7-8H,4,9H2. The highest BCUT2D eigenvalue weighted by Gasteiger charge is 2.23. The van der Waals surface area contributed by atoms with Gasteiger partial charge in [0, 0.05) is 18.7 Å². The van der Waals surface area contributed by atoms with E-state index in [-0.39, 0.29) is 0 Å². The van der Waals surface area contributed by atoms with Crippen molar-refractivity contribution in [3.8, 4) is 0 Å². The van der Waals surface area contributed by atoms with Crippen LogP contribution in [0.1, 0.15) is 0 Å². The van der Waals surface area contributed by atoms with Crippen molar-refractivity contribution in [3.63, 3.8) is 0 Å². The Hall–Kier alpha value is -0.540. The minimum Gasteiger partial charge on any atom is -0.327 e. The second kappa shape index (κ2) is 2.83. The van der Waals surface area contributed by atoms with Crippen LogP contribution in [-0.2, 0) is 0 Å². The molecule has 11 heavy (non-hydrogen) atoms. The highest BCUT2D eigenvalue weighted by atomic mass is 32.2. The van der Waals surface area contributed by atoms with Crippen molar-refractivity contribution in [2.45, 2.75) is 5.25 Å². The van der Waals surface area contributed by atoms with Crippen molar-refractivity contribution in [3.05, 3.63) is 23.8 Å². The molecule has 0 radical (unpaired) electrons. The third kappa shape index (κ3) is 1.26. The number of hydrogen-bond donors (Lipinski definition) is 1. The first-order valence-electron chi connectivity index (χ1n) is 3.68. The van der Waals surface area contributed by atoms with Crippen molar-refractivity contribution in [2.24, 2.45) is 16.0 Å². The fraction of sp³-hybridized carbons (Fsp3) is 0.375. The Morgan fingerprint density at radius 3 is 3.36 bits per heavy atom. The number of rotatable bonds is 1. The predicted molar refractivity (Wildman–Crippen MR) is 49.6 cm³/mol. The SMILES string of the molecule is NCC1=CC2C=NSC2C=C1. The Morgan fingerprint density at radius 2 is 2.55 bits per heavy atom. The van der Waals surface area contributed by atoms with Gasteiger partial charge in [-0.3, -0.25) is 0 Å². The van der Waals surface area contributed by atoms with Gasteiger partial charge in [-0.25, -0.2) is 4.40 Å². The van der Waals surface area contributed by atoms with Crippen LogP contribution in [0, 0.1) is 5.92 Å². The van der Waals surface area contributed by atoms with Gasteiger partial charge in [0.1, 0.15) is 0 Å². The molecule has 1 aliphatic heterocycles. The first kappa shape index (κ1) is 7.13. The van der Waals surface area contributed by atoms with Crippen molar-refractivity contribution in [2.75, 3.05) is 6.54 Å². The average molecular weight is 166 g/mol. The van der Waals surface area contributed by atoms with E-state index in [1.54, 1.807) is 11.9 Å². The predicted octanol–water partition coefficient (Wildman–Crippen LogP) is 1.16. The Morgan fingerprint density at radius 1 is 1.64 bits per heavy atom. The molecule has 0 bridgehead atoms. The molecule has 0 amide bonds. The summed E-state index contributed by atoms with van der Waals surface area (Å²) in [6.07, 6.45) is 8.48. The van der Waals surface area contributed by atoms with E-state index in [1.807, 2.05) is 6.21 Å². The molecule has 3 heteroatoms. The summed E-state index contributed by atoms with van der Waals surface area (Å²) in [6.45, 7) is 0.637. The summed E-state index contributed by atoms with van der Waals surface area (Å²) in [5.74, 6) is 0.489. The highest BCUT2D eigenvalue weighted by molar-refractivity contribution is 7.99. The van der Waals surface area contributed by atoms with Gasteiger partial charge in [-0.05, 0) is 17.5 Å². The first-order chi connectivity index (χ1) is 5.40. The maximum absolute atomic E-state index is 5.52. The summed E-state index contributed by atoms with van der Waals surface area (Å²) in [7, 11) is 0. The summed E-state index contributed by atoms with van der Waals surface area (Å²) in [6, 6.07) is 0. The summed E-state index contributed by atoms with van der Waals surface area (Å²) >= 11 is 1.64. The van der Waals surface area contributed by atoms with Crippen LogP contribution in [-0.4, -0.2) is 18.0 Å². The normalized spacial score (nSPS) is 33.7. The number of allylic oxidation sites excluding steroid dienone is 1. The Kier molecular flexibility index (Phi) is 1.84. The topological polar surface area (TPSA) is 38.4 Å². The van der Waals surface area contributed by atoms with Crippen LogP contribution in [0.2, 0.25) is 0 Å². The molecule has 2 unspecified atom stereocenters. The largest absolute Gasteiger partial charge is 0.327 e. The summed E-state index contributed by atoms with van der Waals surface area (Å²) in [4.78, 5) is 0. The Bertz CT molecular complexity index is 242. The lowest BCUT2D eigenvalue weighted by Gasteiger charge is -2.14. The smallest absolute Gasteiger partial charge is 0.0562 e. The van der Waals surface area contributed by atoms with Crippen LogP contribution in [0.5, 0.6) is 0 Å². The number of nitrogens with zero attached hydrogens (tertiary/aromatic N) is 1. The van der Waals surface area contributed by atoms with Crippen molar-refractivity contribution in [1.82, 2.24) is 0 Å². The molecule has 0 aromatic carbocycles. The minimum atomic E-state index is 0.489. The minimum absolute atomic E-state index is 0.489. The van der Waals surface area contributed by atoms with Gasteiger partial charge in [0.2, 0.25) is 0 Å². The molecule has 0 spiro atoms. The van der Waals surface area contributed by atoms with E-state index in [4.69, 9.17) is 5.73 Å². The molecular formula is C8H10N2S. The lowest BCUT2D eigenvalue weighted by atomic mass is 9.97. The van der Waals surface area contributed by atoms with Gasteiger partial charge in [0.25, 0.3) is 0 Å². The molecule has 1 heterocycles. The second-order valence-electron chi connectivity index (χ2n) is 2.71. The quantitative estimate of drug-likeness (QED) is 0.594. The third-order valence-electron chi connectivity index (χ3n) is 1.94. The van der Waals surface area contributed by atoms with Gasteiger partial charge in [0.05, 0.1) is 5.25 Å². The second-order valence-corrected chi connectivity index (χ2v) is 3.67. The van der Waals surface area contributed by atoms with Crippen LogP contribution in [0.25, 0.3) is 0 Å². The van der Waals surface area contributed by atoms with E-state index in [2.05, 4.69) is 22.6 Å². The molecule has 2 rings (SSSR count). The molecule has 0 aromatic heterocycles. The van der Waals surface area contributed by atoms with Crippen molar-refractivity contribution >= 4 is 18.2 Å². The van der Waals surface area contributed by atoms with E-state index in [9.17, 15) is 0 Å². The van der Waals surface area contributed by atoms with Gasteiger partial charge in [0.15, 0.2) is 0 Å². The molecule has 0 saturated heterocycles. The molecular weight excluding hydrogens is 156 g/mol. The third-order valence-corrected chi connectivity index (χ3v) is 2.90. The van der Waals surface area contributed by atoms with Gasteiger partial charge in [-0.15, -0.1) is 0 Å². The van der Waals surface area contributed by atoms with E-state index < -0.39 is 0 Å². The van der Waals surface area contributed by atoms with Crippen LogP contribution in [0.4, 0.5) is 0 Å². The first-order valence-corrected chi connectivity index (χ1v) is 4.52. The summed E-state index contributed by atoms with van der Waals surface area (Å²) < 4.78 is 4.15. The van der Waals surface area contributed by atoms with Crippen molar-refractivity contribution < 1.29 is 0 Å². The van der Waals surface area contributed by atoms with Gasteiger partial charge in [-0.1, -0.05) is 18.2 Å². The van der Waals surface area contributed by atoms with Gasteiger partial charge < -0.3 is 5.73 Å². The number of nitrogens with two attached hydrogens (primary N) is 1. The molecule has 2 N–H and O–H groups in total. The Balaban J connectivity index is 2.19. The fourth-order valence-corrected chi connectivity index (χ4v) is 2.08. The van der Waals surface area contributed by atoms with E-state index in [0.29, 0.717) is 17.7 Å². The number of hydrogen-bond acceptors (Lipinski definition) is 3. The lowest BCUT2D eigenvalue weighted by molar-refractivity contribution is 0.901. The Labute approximate surface area is 70.4 Å². The molecule has 58 valence electrons. The zero-order valence-electron chi connectivity index (χ0n) is 6.10. The van der Waals surface area contributed by atoms with E-state index in [0.717, 1.165) is 0 Å². The van der Waals surface area contributed by atoms with E-state index in [1.165, 1.54) is 5.57 Å². The van der Waals surface area contributed by atoms with Crippen LogP contribution in [0.15, 0.2) is 28.2 Å². The van der Waals surface area contributed by atoms with Crippen molar-refractivity contribution in [1.29, 1.82) is 0 Å². The zero-order chi connectivity index (χ0) is 7.68. The molecule has 2 nitrogen and oxygen atoms in total. The molecule has 2 aliphatic rings. The van der Waals surface area contributed by atoms with Gasteiger partial charge in [-0.2, -0.15) is 0 Å². The lowest BCUT2D eigenvalue weighted by Crippen LogP contribution is -2.15. The molecule has 0 saturated carbocycles. The molecule has 0 fully saturated rings. The number of fused-ring (bicyclic) bond motifs is 1. The van der Waals surface area contributed by atoms with E-state index >= 15 is 0 Å². The fourth-order valence-electron chi connectivity index (χ4n) is 1.29. The highest BCUT2D eigenvalue weighted by Crippen LogP contribution is 2.31. The zero-order valence-corrected chi connectivity index (χ0v) is 6.92. The monoisotopic (exact) mass is 166 g/mol. The molecule has 0 aromatic rings. The van der Waals surface area contributed by atoms with Gasteiger partial charge >= 0.3 is 0 Å². The van der Waals surface area contributed by atoms with Crippen LogP contribution in [0.3, 0.4) is 0 Å².